The van der Waals surface area contributed by atoms with Crippen LogP contribution in [0.4, 0.5) is 4.79 Å². The maximum Gasteiger partial charge on any atom is 0.326 e. The minimum atomic E-state index is -1.10. The highest BCUT2D eigenvalue weighted by atomic mass is 16.4. The molecule has 1 heterocycles. The van der Waals surface area contributed by atoms with Gasteiger partial charge < -0.3 is 20.4 Å². The van der Waals surface area contributed by atoms with Gasteiger partial charge in [-0.1, -0.05) is 6.92 Å². The summed E-state index contributed by atoms with van der Waals surface area (Å²) in [6, 6.07) is -1.63. The number of terminal acetylenes is 1. The first kappa shape index (κ1) is 14.3. The minimum absolute atomic E-state index is 0.0370. The smallest absolute Gasteiger partial charge is 0.326 e. The molecule has 3 unspecified atom stereocenters. The lowest BCUT2D eigenvalue weighted by molar-refractivity contribution is -0.141. The molecule has 3 atom stereocenters. The molecule has 3 N–H and O–H groups in total. The molecule has 0 aliphatic carbocycles. The maximum atomic E-state index is 11.9. The molecule has 1 fully saturated rings. The Balaban J connectivity index is 2.65. The molecule has 0 saturated carbocycles. The fourth-order valence-corrected chi connectivity index (χ4v) is 1.97. The topological polar surface area (TPSA) is 89.9 Å². The van der Waals surface area contributed by atoms with Crippen LogP contribution in [0.15, 0.2) is 0 Å². The number of β-amino-alcohol motifs (C(OH)–C–C–N with tert-alkyl or cyclic N) is 1. The molecule has 18 heavy (non-hydrogen) atoms. The van der Waals surface area contributed by atoms with Crippen molar-refractivity contribution in [2.45, 2.75) is 44.4 Å². The Morgan fingerprint density at radius 3 is 2.78 bits per heavy atom. The van der Waals surface area contributed by atoms with Crippen molar-refractivity contribution in [2.75, 3.05) is 6.54 Å². The lowest BCUT2D eigenvalue weighted by Gasteiger charge is -2.24. The summed E-state index contributed by atoms with van der Waals surface area (Å²) < 4.78 is 0. The average molecular weight is 254 g/mol. The van der Waals surface area contributed by atoms with Gasteiger partial charge in [-0.3, -0.25) is 0 Å². The van der Waals surface area contributed by atoms with Gasteiger partial charge in [0.25, 0.3) is 0 Å². The SMILES string of the molecule is C#CCC(CC)NC(=O)N1CC(O)CC1C(=O)O. The van der Waals surface area contributed by atoms with Crippen molar-refractivity contribution in [1.29, 1.82) is 0 Å². The number of hydrogen-bond donors (Lipinski definition) is 3. The largest absolute Gasteiger partial charge is 0.480 e. The Morgan fingerprint density at radius 2 is 2.28 bits per heavy atom. The van der Waals surface area contributed by atoms with E-state index in [4.69, 9.17) is 11.5 Å². The normalized spacial score (nSPS) is 24.4. The van der Waals surface area contributed by atoms with Gasteiger partial charge in [0.1, 0.15) is 6.04 Å². The molecule has 6 heteroatoms. The Bertz CT molecular complexity index is 364. The molecular formula is C12H18N2O4. The van der Waals surface area contributed by atoms with Crippen LogP contribution in [0.5, 0.6) is 0 Å². The van der Waals surface area contributed by atoms with Crippen LogP contribution in [0.1, 0.15) is 26.2 Å². The van der Waals surface area contributed by atoms with Crippen LogP contribution in [-0.2, 0) is 4.79 Å². The monoisotopic (exact) mass is 254 g/mol. The van der Waals surface area contributed by atoms with Crippen LogP contribution < -0.4 is 5.32 Å². The Labute approximate surface area is 106 Å². The molecule has 0 aromatic carbocycles. The Hall–Kier alpha value is -1.74. The molecule has 1 aliphatic heterocycles. The van der Waals surface area contributed by atoms with Gasteiger partial charge in [-0.05, 0) is 6.42 Å². The third-order valence-corrected chi connectivity index (χ3v) is 3.01. The second-order valence-corrected chi connectivity index (χ2v) is 4.36. The molecule has 0 spiro atoms. The Kier molecular flexibility index (Phi) is 4.98. The van der Waals surface area contributed by atoms with Gasteiger partial charge in [-0.25, -0.2) is 9.59 Å². The van der Waals surface area contributed by atoms with E-state index in [1.54, 1.807) is 0 Å². The van der Waals surface area contributed by atoms with E-state index >= 15 is 0 Å². The number of carboxylic acid groups (broad SMARTS) is 1. The summed E-state index contributed by atoms with van der Waals surface area (Å²) in [7, 11) is 0. The number of nitrogens with zero attached hydrogens (tertiary/aromatic N) is 1. The molecule has 2 amide bonds. The van der Waals surface area contributed by atoms with Crippen LogP contribution in [0.3, 0.4) is 0 Å². The number of carboxylic acids is 1. The molecule has 0 aromatic heterocycles. The molecular weight excluding hydrogens is 236 g/mol. The molecule has 1 saturated heterocycles. The predicted octanol–water partition coefficient (Wildman–Crippen LogP) is 0.0177. The highest BCUT2D eigenvalue weighted by molar-refractivity contribution is 5.83. The van der Waals surface area contributed by atoms with Crippen molar-refractivity contribution < 1.29 is 19.8 Å². The maximum absolute atomic E-state index is 11.9. The lowest BCUT2D eigenvalue weighted by Crippen LogP contribution is -2.49. The zero-order valence-corrected chi connectivity index (χ0v) is 10.3. The minimum Gasteiger partial charge on any atom is -0.480 e. The van der Waals surface area contributed by atoms with E-state index in [9.17, 15) is 14.7 Å². The number of amides is 2. The number of carbonyl (C=O) groups is 2. The summed E-state index contributed by atoms with van der Waals surface area (Å²) in [5, 5.41) is 21.1. The van der Waals surface area contributed by atoms with Crippen molar-refractivity contribution in [3.63, 3.8) is 0 Å². The second-order valence-electron chi connectivity index (χ2n) is 4.36. The second kappa shape index (κ2) is 6.26. The van der Waals surface area contributed by atoms with E-state index in [0.717, 1.165) is 4.90 Å². The average Bonchev–Trinajstić information content (AvgIpc) is 2.71. The van der Waals surface area contributed by atoms with Crippen molar-refractivity contribution in [3.8, 4) is 12.3 Å². The molecule has 1 aliphatic rings. The summed E-state index contributed by atoms with van der Waals surface area (Å²) in [5.74, 6) is 1.35. The standard InChI is InChI=1S/C12H18N2O4/c1-3-5-8(4-2)13-12(18)14-7-9(15)6-10(14)11(16)17/h1,8-10,15H,4-7H2,2H3,(H,13,18)(H,16,17). The highest BCUT2D eigenvalue weighted by Crippen LogP contribution is 2.18. The van der Waals surface area contributed by atoms with Crippen LogP contribution in [-0.4, -0.2) is 51.8 Å². The first-order valence-electron chi connectivity index (χ1n) is 5.91. The van der Waals surface area contributed by atoms with Crippen LogP contribution in [0.25, 0.3) is 0 Å². The predicted molar refractivity (Wildman–Crippen MR) is 64.8 cm³/mol. The van der Waals surface area contributed by atoms with E-state index in [1.807, 2.05) is 6.92 Å². The quantitative estimate of drug-likeness (QED) is 0.617. The van der Waals surface area contributed by atoms with Crippen molar-refractivity contribution in [2.24, 2.45) is 0 Å². The van der Waals surface area contributed by atoms with E-state index in [0.29, 0.717) is 12.8 Å². The van der Waals surface area contributed by atoms with E-state index < -0.39 is 24.1 Å². The van der Waals surface area contributed by atoms with E-state index in [1.165, 1.54) is 0 Å². The first-order chi connectivity index (χ1) is 8.49. The molecule has 6 nitrogen and oxygen atoms in total. The zero-order valence-electron chi connectivity index (χ0n) is 10.3. The molecule has 100 valence electrons. The summed E-state index contributed by atoms with van der Waals surface area (Å²) in [6.45, 7) is 1.92. The number of aliphatic carboxylic acids is 1. The van der Waals surface area contributed by atoms with Crippen LogP contribution in [0, 0.1) is 12.3 Å². The number of hydrogen-bond acceptors (Lipinski definition) is 3. The summed E-state index contributed by atoms with van der Waals surface area (Å²) in [6.07, 6.45) is 5.53. The number of rotatable bonds is 4. The van der Waals surface area contributed by atoms with Crippen molar-refractivity contribution >= 4 is 12.0 Å². The van der Waals surface area contributed by atoms with Crippen molar-refractivity contribution in [1.82, 2.24) is 10.2 Å². The lowest BCUT2D eigenvalue weighted by atomic mass is 10.1. The van der Waals surface area contributed by atoms with Crippen molar-refractivity contribution in [3.05, 3.63) is 0 Å². The number of carbonyl (C=O) groups excluding carboxylic acids is 1. The van der Waals surface area contributed by atoms with Gasteiger partial charge in [-0.15, -0.1) is 12.3 Å². The third-order valence-electron chi connectivity index (χ3n) is 3.01. The fourth-order valence-electron chi connectivity index (χ4n) is 1.97. The summed E-state index contributed by atoms with van der Waals surface area (Å²) >= 11 is 0. The molecule has 1 rings (SSSR count). The third kappa shape index (κ3) is 3.37. The zero-order chi connectivity index (χ0) is 13.7. The van der Waals surface area contributed by atoms with E-state index in [2.05, 4.69) is 11.2 Å². The number of nitrogens with one attached hydrogen (secondary N) is 1. The van der Waals surface area contributed by atoms with Gasteiger partial charge >= 0.3 is 12.0 Å². The number of urea groups is 1. The van der Waals surface area contributed by atoms with E-state index in [-0.39, 0.29) is 19.0 Å². The molecule has 0 aromatic rings. The number of aliphatic hydroxyl groups excluding tert-OH is 1. The number of likely N-dealkylation sites (tertiary alicyclic amines) is 1. The van der Waals surface area contributed by atoms with Crippen LogP contribution in [0.2, 0.25) is 0 Å². The van der Waals surface area contributed by atoms with Gasteiger partial charge in [-0.2, -0.15) is 0 Å². The highest BCUT2D eigenvalue weighted by Gasteiger charge is 2.39. The fraction of sp³-hybridized carbons (Fsp3) is 0.667. The van der Waals surface area contributed by atoms with Gasteiger partial charge in [0, 0.05) is 25.4 Å². The van der Waals surface area contributed by atoms with Gasteiger partial charge in [0.15, 0.2) is 0 Å². The molecule has 0 bridgehead atoms. The first-order valence-corrected chi connectivity index (χ1v) is 5.91. The van der Waals surface area contributed by atoms with Gasteiger partial charge in [0.2, 0.25) is 0 Å². The Morgan fingerprint density at radius 1 is 1.61 bits per heavy atom. The van der Waals surface area contributed by atoms with Crippen LogP contribution >= 0.6 is 0 Å². The number of aliphatic hydroxyl groups is 1. The van der Waals surface area contributed by atoms with Gasteiger partial charge in [0.05, 0.1) is 6.10 Å². The summed E-state index contributed by atoms with van der Waals surface area (Å²) in [4.78, 5) is 24.0. The molecule has 0 radical (unpaired) electrons. The summed E-state index contributed by atoms with van der Waals surface area (Å²) in [5.41, 5.74) is 0.